The van der Waals surface area contributed by atoms with E-state index in [0.717, 1.165) is 59.8 Å². The predicted octanol–water partition coefficient (Wildman–Crippen LogP) is 5.32. The number of ether oxygens (including phenoxy) is 1. The first-order valence-electron chi connectivity index (χ1n) is 11.8. The molecule has 1 amide bonds. The number of aryl methyl sites for hydroxylation is 1. The van der Waals surface area contributed by atoms with Crippen molar-refractivity contribution in [3.63, 3.8) is 0 Å². The number of carbonyl (C=O) groups is 1. The van der Waals surface area contributed by atoms with Crippen LogP contribution in [-0.2, 0) is 4.74 Å². The van der Waals surface area contributed by atoms with Gasteiger partial charge in [0.25, 0.3) is 0 Å². The minimum atomic E-state index is -0.482. The summed E-state index contributed by atoms with van der Waals surface area (Å²) in [6.07, 6.45) is 7.35. The van der Waals surface area contributed by atoms with Crippen molar-refractivity contribution in [2.75, 3.05) is 18.0 Å². The van der Waals surface area contributed by atoms with Crippen LogP contribution < -0.4 is 10.2 Å². The number of hydrogen-bond donors (Lipinski definition) is 1. The highest BCUT2D eigenvalue weighted by atomic mass is 16.6. The highest BCUT2D eigenvalue weighted by molar-refractivity contribution is 5.71. The lowest BCUT2D eigenvalue weighted by molar-refractivity contribution is 0.0497. The van der Waals surface area contributed by atoms with Crippen molar-refractivity contribution in [2.24, 2.45) is 0 Å². The standard InChI is InChI=1S/C26H35N5O2/c1-17(2)23-21(19-15-18(3)24-27-11-14-31(24)16-19)7-8-22(29-23)30-12-9-20(10-13-30)28-25(32)33-26(4,5)6/h7-8,11,14-17,20H,9-10,12-13H2,1-6H3,(H,28,32). The molecule has 0 aliphatic carbocycles. The number of amides is 1. The molecule has 0 spiro atoms. The Morgan fingerprint density at radius 3 is 2.61 bits per heavy atom. The van der Waals surface area contributed by atoms with Gasteiger partial charge in [-0.25, -0.2) is 14.8 Å². The molecule has 3 aromatic heterocycles. The number of imidazole rings is 1. The number of nitrogens with one attached hydrogen (secondary N) is 1. The third kappa shape index (κ3) is 5.29. The minimum absolute atomic E-state index is 0.129. The van der Waals surface area contributed by atoms with Gasteiger partial charge in [0, 0.05) is 48.8 Å². The van der Waals surface area contributed by atoms with E-state index in [1.807, 2.05) is 33.2 Å². The van der Waals surface area contributed by atoms with Gasteiger partial charge in [-0.2, -0.15) is 0 Å². The summed E-state index contributed by atoms with van der Waals surface area (Å²) in [5, 5.41) is 3.01. The van der Waals surface area contributed by atoms with E-state index in [-0.39, 0.29) is 12.1 Å². The maximum atomic E-state index is 12.1. The fourth-order valence-electron chi connectivity index (χ4n) is 4.41. The van der Waals surface area contributed by atoms with Gasteiger partial charge in [-0.15, -0.1) is 0 Å². The Bertz CT molecular complexity index is 1140. The van der Waals surface area contributed by atoms with Crippen LogP contribution in [0.2, 0.25) is 0 Å². The van der Waals surface area contributed by atoms with E-state index < -0.39 is 5.60 Å². The fourth-order valence-corrected chi connectivity index (χ4v) is 4.41. The molecule has 4 rings (SSSR count). The maximum absolute atomic E-state index is 12.1. The highest BCUT2D eigenvalue weighted by Gasteiger charge is 2.25. The zero-order valence-corrected chi connectivity index (χ0v) is 20.6. The fraction of sp³-hybridized carbons (Fsp3) is 0.500. The molecule has 3 aromatic rings. The molecule has 7 heteroatoms. The third-order valence-corrected chi connectivity index (χ3v) is 5.98. The van der Waals surface area contributed by atoms with Crippen molar-refractivity contribution in [1.29, 1.82) is 0 Å². The SMILES string of the molecule is Cc1cc(-c2ccc(N3CCC(NC(=O)OC(C)(C)C)CC3)nc2C(C)C)cn2ccnc12. The number of piperidine rings is 1. The summed E-state index contributed by atoms with van der Waals surface area (Å²) >= 11 is 0. The molecule has 1 fully saturated rings. The van der Waals surface area contributed by atoms with E-state index in [4.69, 9.17) is 9.72 Å². The third-order valence-electron chi connectivity index (χ3n) is 5.98. The van der Waals surface area contributed by atoms with Crippen molar-refractivity contribution >= 4 is 17.6 Å². The van der Waals surface area contributed by atoms with Crippen molar-refractivity contribution in [3.8, 4) is 11.1 Å². The number of aromatic nitrogens is 3. The molecule has 4 heterocycles. The van der Waals surface area contributed by atoms with E-state index in [0.29, 0.717) is 5.92 Å². The van der Waals surface area contributed by atoms with Gasteiger partial charge in [0.05, 0.1) is 5.69 Å². The summed E-state index contributed by atoms with van der Waals surface area (Å²) in [5.41, 5.74) is 5.06. The number of hydrogen-bond acceptors (Lipinski definition) is 5. The molecule has 7 nitrogen and oxygen atoms in total. The average Bonchev–Trinajstić information content (AvgIpc) is 3.22. The second-order valence-corrected chi connectivity index (χ2v) is 10.2. The molecule has 1 aliphatic heterocycles. The normalized spacial score (nSPS) is 15.3. The van der Waals surface area contributed by atoms with Gasteiger partial charge < -0.3 is 19.4 Å². The van der Waals surface area contributed by atoms with Gasteiger partial charge in [-0.1, -0.05) is 13.8 Å². The van der Waals surface area contributed by atoms with Crippen LogP contribution in [0.3, 0.4) is 0 Å². The van der Waals surface area contributed by atoms with Crippen LogP contribution in [0.5, 0.6) is 0 Å². The Kier molecular flexibility index (Phi) is 6.32. The van der Waals surface area contributed by atoms with Crippen molar-refractivity contribution < 1.29 is 9.53 Å². The second kappa shape index (κ2) is 9.04. The Morgan fingerprint density at radius 1 is 1.21 bits per heavy atom. The molecule has 0 aromatic carbocycles. The minimum Gasteiger partial charge on any atom is -0.444 e. The summed E-state index contributed by atoms with van der Waals surface area (Å²) < 4.78 is 7.47. The first-order chi connectivity index (χ1) is 15.6. The van der Waals surface area contributed by atoms with Crippen molar-refractivity contribution in [1.82, 2.24) is 19.7 Å². The van der Waals surface area contributed by atoms with Gasteiger partial charge in [-0.3, -0.25) is 0 Å². The quantitative estimate of drug-likeness (QED) is 0.583. The first-order valence-corrected chi connectivity index (χ1v) is 11.8. The second-order valence-electron chi connectivity index (χ2n) is 10.2. The molecule has 33 heavy (non-hydrogen) atoms. The maximum Gasteiger partial charge on any atom is 0.407 e. The van der Waals surface area contributed by atoms with Gasteiger partial charge in [0.15, 0.2) is 0 Å². The monoisotopic (exact) mass is 449 g/mol. The smallest absolute Gasteiger partial charge is 0.407 e. The number of anilines is 1. The molecule has 0 atom stereocenters. The number of fused-ring (bicyclic) bond motifs is 1. The zero-order valence-electron chi connectivity index (χ0n) is 20.6. The van der Waals surface area contributed by atoms with Crippen LogP contribution in [0.4, 0.5) is 10.6 Å². The molecule has 1 N–H and O–H groups in total. The number of nitrogens with zero attached hydrogens (tertiary/aromatic N) is 4. The number of carbonyl (C=O) groups excluding carboxylic acids is 1. The molecular weight excluding hydrogens is 414 g/mol. The van der Waals surface area contributed by atoms with E-state index >= 15 is 0 Å². The summed E-state index contributed by atoms with van der Waals surface area (Å²) in [5.74, 6) is 1.30. The Hall–Kier alpha value is -3.09. The van der Waals surface area contributed by atoms with Gasteiger partial charge >= 0.3 is 6.09 Å². The van der Waals surface area contributed by atoms with E-state index in [9.17, 15) is 4.79 Å². The molecular formula is C26H35N5O2. The van der Waals surface area contributed by atoms with Crippen LogP contribution in [0, 0.1) is 6.92 Å². The van der Waals surface area contributed by atoms with E-state index in [2.05, 4.69) is 64.8 Å². The van der Waals surface area contributed by atoms with Crippen LogP contribution in [0.15, 0.2) is 36.8 Å². The summed E-state index contributed by atoms with van der Waals surface area (Å²) in [4.78, 5) is 23.9. The van der Waals surface area contributed by atoms with Crippen molar-refractivity contribution in [3.05, 3.63) is 48.0 Å². The molecule has 0 saturated carbocycles. The molecule has 1 saturated heterocycles. The topological polar surface area (TPSA) is 71.8 Å². The molecule has 0 radical (unpaired) electrons. The Labute approximate surface area is 196 Å². The van der Waals surface area contributed by atoms with Crippen LogP contribution >= 0.6 is 0 Å². The van der Waals surface area contributed by atoms with Crippen LogP contribution in [-0.4, -0.2) is 45.2 Å². The molecule has 0 unspecified atom stereocenters. The zero-order chi connectivity index (χ0) is 23.8. The van der Waals surface area contributed by atoms with E-state index in [1.165, 1.54) is 0 Å². The predicted molar refractivity (Wildman–Crippen MR) is 132 cm³/mol. The number of pyridine rings is 2. The summed E-state index contributed by atoms with van der Waals surface area (Å²) in [6, 6.07) is 6.64. The van der Waals surface area contributed by atoms with Gasteiger partial charge in [-0.05, 0) is 70.2 Å². The Balaban J connectivity index is 1.50. The molecule has 176 valence electrons. The lowest BCUT2D eigenvalue weighted by Gasteiger charge is -2.34. The van der Waals surface area contributed by atoms with E-state index in [1.54, 1.807) is 0 Å². The summed E-state index contributed by atoms with van der Waals surface area (Å²) in [7, 11) is 0. The van der Waals surface area contributed by atoms with Crippen molar-refractivity contribution in [2.45, 2.75) is 71.9 Å². The Morgan fingerprint density at radius 2 is 1.94 bits per heavy atom. The lowest BCUT2D eigenvalue weighted by atomic mass is 9.97. The number of rotatable bonds is 4. The summed E-state index contributed by atoms with van der Waals surface area (Å²) in [6.45, 7) is 13.8. The van der Waals surface area contributed by atoms with Crippen LogP contribution in [0.25, 0.3) is 16.8 Å². The van der Waals surface area contributed by atoms with Gasteiger partial charge in [0.1, 0.15) is 17.1 Å². The highest BCUT2D eigenvalue weighted by Crippen LogP contribution is 2.32. The molecule has 0 bridgehead atoms. The average molecular weight is 450 g/mol. The number of alkyl carbamates (subject to hydrolysis) is 1. The lowest BCUT2D eigenvalue weighted by Crippen LogP contribution is -2.46. The largest absolute Gasteiger partial charge is 0.444 e. The van der Waals surface area contributed by atoms with Crippen LogP contribution in [0.1, 0.15) is 64.6 Å². The van der Waals surface area contributed by atoms with Gasteiger partial charge in [0.2, 0.25) is 0 Å². The molecule has 1 aliphatic rings. The first kappa shape index (κ1) is 23.1.